The number of carbonyl (C=O) groups is 1. The Balaban J connectivity index is 1.72. The SMILES string of the molecule is CC(Oc1nc(-c2cnc(C(C)(C)C)s2)cc2ncn(C)c12)[C@H]1CNC(=O)C1. The van der Waals surface area contributed by atoms with Gasteiger partial charge in [0, 0.05) is 37.5 Å². The molecular formula is C20H25N5O2S. The molecule has 1 aliphatic rings. The van der Waals surface area contributed by atoms with Gasteiger partial charge in [0.15, 0.2) is 0 Å². The molecule has 1 N–H and O–H groups in total. The highest BCUT2D eigenvalue weighted by molar-refractivity contribution is 7.15. The average molecular weight is 400 g/mol. The van der Waals surface area contributed by atoms with Gasteiger partial charge in [0.1, 0.15) is 11.6 Å². The summed E-state index contributed by atoms with van der Waals surface area (Å²) >= 11 is 1.64. The highest BCUT2D eigenvalue weighted by Crippen LogP contribution is 2.35. The van der Waals surface area contributed by atoms with E-state index in [1.807, 2.05) is 30.8 Å². The number of thiazole rings is 1. The molecule has 0 aromatic carbocycles. The molecule has 1 aliphatic heterocycles. The Morgan fingerprint density at radius 1 is 1.36 bits per heavy atom. The van der Waals surface area contributed by atoms with Crippen molar-refractivity contribution < 1.29 is 9.53 Å². The summed E-state index contributed by atoms with van der Waals surface area (Å²) in [5.41, 5.74) is 2.49. The molecule has 1 unspecified atom stereocenters. The normalized spacial score (nSPS) is 18.5. The zero-order chi connectivity index (χ0) is 20.1. The Labute approximate surface area is 168 Å². The van der Waals surface area contributed by atoms with E-state index >= 15 is 0 Å². The maximum Gasteiger partial charge on any atom is 0.241 e. The van der Waals surface area contributed by atoms with Crippen LogP contribution in [0.1, 0.15) is 39.1 Å². The lowest BCUT2D eigenvalue weighted by Gasteiger charge is -2.20. The molecule has 8 heteroatoms. The van der Waals surface area contributed by atoms with Crippen LogP contribution in [0, 0.1) is 5.92 Å². The molecule has 3 aromatic heterocycles. The lowest BCUT2D eigenvalue weighted by Crippen LogP contribution is -2.26. The Kier molecular flexibility index (Phi) is 4.61. The van der Waals surface area contributed by atoms with E-state index in [4.69, 9.17) is 9.72 Å². The second-order valence-electron chi connectivity index (χ2n) is 8.41. The van der Waals surface area contributed by atoms with Crippen molar-refractivity contribution in [3.63, 3.8) is 0 Å². The number of amides is 1. The Hall–Kier alpha value is -2.48. The molecule has 4 rings (SSSR count). The first-order valence-corrected chi connectivity index (χ1v) is 10.3. The number of ether oxygens (including phenoxy) is 1. The van der Waals surface area contributed by atoms with E-state index in [0.29, 0.717) is 18.8 Å². The van der Waals surface area contributed by atoms with Gasteiger partial charge >= 0.3 is 0 Å². The number of imidazole rings is 1. The van der Waals surface area contributed by atoms with Crippen LogP contribution in [0.3, 0.4) is 0 Å². The van der Waals surface area contributed by atoms with Crippen molar-refractivity contribution in [2.24, 2.45) is 13.0 Å². The van der Waals surface area contributed by atoms with E-state index in [2.05, 4.69) is 36.1 Å². The molecule has 2 atom stereocenters. The van der Waals surface area contributed by atoms with Gasteiger partial charge in [-0.2, -0.15) is 0 Å². The minimum absolute atomic E-state index is 0.00608. The molecule has 3 aromatic rings. The fraction of sp³-hybridized carbons (Fsp3) is 0.500. The molecular weight excluding hydrogens is 374 g/mol. The summed E-state index contributed by atoms with van der Waals surface area (Å²) in [7, 11) is 1.93. The maximum atomic E-state index is 11.6. The molecule has 0 bridgehead atoms. The van der Waals surface area contributed by atoms with E-state index in [-0.39, 0.29) is 23.3 Å². The number of carbonyl (C=O) groups excluding carboxylic acids is 1. The number of pyridine rings is 1. The number of nitrogens with zero attached hydrogens (tertiary/aromatic N) is 4. The highest BCUT2D eigenvalue weighted by Gasteiger charge is 2.29. The summed E-state index contributed by atoms with van der Waals surface area (Å²) in [6, 6.07) is 1.98. The molecule has 1 saturated heterocycles. The number of hydrogen-bond donors (Lipinski definition) is 1. The highest BCUT2D eigenvalue weighted by atomic mass is 32.1. The van der Waals surface area contributed by atoms with Gasteiger partial charge in [-0.3, -0.25) is 4.79 Å². The maximum absolute atomic E-state index is 11.6. The summed E-state index contributed by atoms with van der Waals surface area (Å²) in [5, 5.41) is 3.94. The van der Waals surface area contributed by atoms with Crippen LogP contribution in [0.2, 0.25) is 0 Å². The van der Waals surface area contributed by atoms with Gasteiger partial charge in [0.25, 0.3) is 0 Å². The number of aryl methyl sites for hydroxylation is 1. The summed E-state index contributed by atoms with van der Waals surface area (Å²) in [4.78, 5) is 26.4. The van der Waals surface area contributed by atoms with Gasteiger partial charge in [-0.25, -0.2) is 15.0 Å². The number of aromatic nitrogens is 4. The molecule has 1 fully saturated rings. The third kappa shape index (κ3) is 3.48. The van der Waals surface area contributed by atoms with Crippen molar-refractivity contribution >= 4 is 28.3 Å². The fourth-order valence-corrected chi connectivity index (χ4v) is 4.25. The van der Waals surface area contributed by atoms with Crippen LogP contribution < -0.4 is 10.1 Å². The summed E-state index contributed by atoms with van der Waals surface area (Å²) in [5.74, 6) is 0.759. The minimum Gasteiger partial charge on any atom is -0.473 e. The second-order valence-corrected chi connectivity index (χ2v) is 9.44. The molecule has 0 spiro atoms. The van der Waals surface area contributed by atoms with Crippen LogP contribution in [0.5, 0.6) is 5.88 Å². The van der Waals surface area contributed by atoms with Gasteiger partial charge in [0.05, 0.1) is 27.4 Å². The molecule has 4 heterocycles. The Bertz CT molecular complexity index is 1030. The first-order valence-electron chi connectivity index (χ1n) is 9.44. The summed E-state index contributed by atoms with van der Waals surface area (Å²) < 4.78 is 8.17. The van der Waals surface area contributed by atoms with Gasteiger partial charge in [-0.05, 0) is 13.0 Å². The predicted molar refractivity (Wildman–Crippen MR) is 110 cm³/mol. The van der Waals surface area contributed by atoms with Crippen molar-refractivity contribution in [2.45, 2.75) is 45.6 Å². The third-order valence-corrected chi connectivity index (χ3v) is 6.48. The lowest BCUT2D eigenvalue weighted by molar-refractivity contribution is -0.119. The van der Waals surface area contributed by atoms with E-state index in [1.54, 1.807) is 17.7 Å². The molecule has 0 aliphatic carbocycles. The number of rotatable bonds is 4. The minimum atomic E-state index is -0.133. The van der Waals surface area contributed by atoms with Gasteiger partial charge in [-0.15, -0.1) is 11.3 Å². The van der Waals surface area contributed by atoms with Crippen LogP contribution in [0.4, 0.5) is 0 Å². The van der Waals surface area contributed by atoms with Crippen molar-refractivity contribution in [3.8, 4) is 16.5 Å². The van der Waals surface area contributed by atoms with E-state index in [1.165, 1.54) is 0 Å². The predicted octanol–water partition coefficient (Wildman–Crippen LogP) is 3.29. The summed E-state index contributed by atoms with van der Waals surface area (Å²) in [6.45, 7) is 9.08. The topological polar surface area (TPSA) is 81.9 Å². The molecule has 28 heavy (non-hydrogen) atoms. The quantitative estimate of drug-likeness (QED) is 0.728. The van der Waals surface area contributed by atoms with Crippen LogP contribution in [0.15, 0.2) is 18.6 Å². The zero-order valence-corrected chi connectivity index (χ0v) is 17.6. The molecule has 7 nitrogen and oxygen atoms in total. The van der Waals surface area contributed by atoms with Crippen LogP contribution in [0.25, 0.3) is 21.6 Å². The van der Waals surface area contributed by atoms with E-state index in [0.717, 1.165) is 26.6 Å². The molecule has 1 amide bonds. The number of hydrogen-bond acceptors (Lipinski definition) is 6. The monoisotopic (exact) mass is 399 g/mol. The number of nitrogens with one attached hydrogen (secondary N) is 1. The number of fused-ring (bicyclic) bond motifs is 1. The van der Waals surface area contributed by atoms with Gasteiger partial charge < -0.3 is 14.6 Å². The van der Waals surface area contributed by atoms with Crippen LogP contribution >= 0.6 is 11.3 Å². The van der Waals surface area contributed by atoms with Crippen LogP contribution in [-0.4, -0.2) is 38.1 Å². The van der Waals surface area contributed by atoms with Crippen LogP contribution in [-0.2, 0) is 17.3 Å². The van der Waals surface area contributed by atoms with Gasteiger partial charge in [0.2, 0.25) is 11.8 Å². The standard InChI is InChI=1S/C20H25N5O2S/c1-11(12-6-16(26)21-8-12)27-18-17-14(23-10-25(17)5)7-13(24-18)15-9-22-19(28-15)20(2,3)4/h7,9-12H,6,8H2,1-5H3,(H,21,26)/t11?,12-/m1/s1. The smallest absolute Gasteiger partial charge is 0.241 e. The average Bonchev–Trinajstić information content (AvgIpc) is 3.34. The Morgan fingerprint density at radius 2 is 2.14 bits per heavy atom. The van der Waals surface area contributed by atoms with Crippen molar-refractivity contribution in [1.29, 1.82) is 0 Å². The van der Waals surface area contributed by atoms with Crippen molar-refractivity contribution in [3.05, 3.63) is 23.6 Å². The summed E-state index contributed by atoms with van der Waals surface area (Å²) in [6.07, 6.45) is 3.99. The largest absolute Gasteiger partial charge is 0.473 e. The molecule has 0 radical (unpaired) electrons. The molecule has 148 valence electrons. The van der Waals surface area contributed by atoms with E-state index < -0.39 is 0 Å². The first kappa shape index (κ1) is 18.9. The zero-order valence-electron chi connectivity index (χ0n) is 16.8. The van der Waals surface area contributed by atoms with E-state index in [9.17, 15) is 4.79 Å². The van der Waals surface area contributed by atoms with Crippen molar-refractivity contribution in [1.82, 2.24) is 24.8 Å². The Morgan fingerprint density at radius 3 is 2.79 bits per heavy atom. The van der Waals surface area contributed by atoms with Gasteiger partial charge in [-0.1, -0.05) is 20.8 Å². The molecule has 0 saturated carbocycles. The lowest BCUT2D eigenvalue weighted by atomic mass is 9.98. The second kappa shape index (κ2) is 6.84. The third-order valence-electron chi connectivity index (χ3n) is 5.03. The van der Waals surface area contributed by atoms with Crippen molar-refractivity contribution in [2.75, 3.05) is 6.54 Å². The first-order chi connectivity index (χ1) is 13.2. The fourth-order valence-electron chi connectivity index (χ4n) is 3.32.